The van der Waals surface area contributed by atoms with Crippen LogP contribution in [0, 0.1) is 0 Å². The van der Waals surface area contributed by atoms with Gasteiger partial charge in [-0.05, 0) is 55.0 Å². The van der Waals surface area contributed by atoms with Crippen LogP contribution in [0.25, 0.3) is 16.9 Å². The summed E-state index contributed by atoms with van der Waals surface area (Å²) < 4.78 is 1.54. The Labute approximate surface area is 138 Å². The summed E-state index contributed by atoms with van der Waals surface area (Å²) in [7, 11) is 0. The van der Waals surface area contributed by atoms with Crippen molar-refractivity contribution in [3.05, 3.63) is 58.4 Å². The number of pyridine rings is 1. The Balaban J connectivity index is 1.94. The number of aromatic nitrogens is 2. The van der Waals surface area contributed by atoms with Crippen LogP contribution in [-0.4, -0.2) is 20.5 Å². The van der Waals surface area contributed by atoms with Crippen LogP contribution in [0.2, 0.25) is 5.02 Å². The van der Waals surface area contributed by atoms with E-state index in [1.807, 2.05) is 6.07 Å². The lowest BCUT2D eigenvalue weighted by Crippen LogP contribution is -2.05. The standard InChI is InChI=1S/C18H15ClN2O2/c19-14-7-8-15-20-16(17(18(22)23)21(15)10-14)13-6-5-11-3-1-2-4-12(11)9-13/h5-10H,1-4H2,(H,22,23). The molecule has 116 valence electrons. The first kappa shape index (κ1) is 14.3. The third-order valence-corrected chi connectivity index (χ3v) is 4.63. The summed E-state index contributed by atoms with van der Waals surface area (Å²) in [5, 5.41) is 10.1. The van der Waals surface area contributed by atoms with Gasteiger partial charge in [0.15, 0.2) is 5.69 Å². The number of hydrogen-bond acceptors (Lipinski definition) is 2. The molecule has 4 nitrogen and oxygen atoms in total. The molecule has 3 aromatic rings. The molecule has 1 N–H and O–H groups in total. The molecule has 1 aromatic carbocycles. The molecule has 0 aliphatic heterocycles. The molecule has 0 atom stereocenters. The monoisotopic (exact) mass is 326 g/mol. The Kier molecular flexibility index (Phi) is 3.34. The van der Waals surface area contributed by atoms with Crippen LogP contribution in [0.5, 0.6) is 0 Å². The molecule has 5 heteroatoms. The second-order valence-corrected chi connectivity index (χ2v) is 6.32. The van der Waals surface area contributed by atoms with Crippen molar-refractivity contribution in [1.82, 2.24) is 9.38 Å². The molecular formula is C18H15ClN2O2. The van der Waals surface area contributed by atoms with Gasteiger partial charge in [0.05, 0.1) is 5.02 Å². The smallest absolute Gasteiger partial charge is 0.355 e. The van der Waals surface area contributed by atoms with E-state index in [0.29, 0.717) is 16.4 Å². The van der Waals surface area contributed by atoms with Gasteiger partial charge in [0.2, 0.25) is 0 Å². The first-order valence-electron chi connectivity index (χ1n) is 7.66. The van der Waals surface area contributed by atoms with Crippen molar-refractivity contribution >= 4 is 23.2 Å². The topological polar surface area (TPSA) is 54.6 Å². The van der Waals surface area contributed by atoms with E-state index in [2.05, 4.69) is 17.1 Å². The fourth-order valence-corrected chi connectivity index (χ4v) is 3.47. The maximum Gasteiger partial charge on any atom is 0.355 e. The van der Waals surface area contributed by atoms with E-state index in [1.54, 1.807) is 22.7 Å². The molecular weight excluding hydrogens is 312 g/mol. The second-order valence-electron chi connectivity index (χ2n) is 5.88. The average Bonchev–Trinajstić information content (AvgIpc) is 2.93. The molecule has 0 amide bonds. The molecule has 2 aromatic heterocycles. The summed E-state index contributed by atoms with van der Waals surface area (Å²) in [6, 6.07) is 9.61. The zero-order valence-corrected chi connectivity index (χ0v) is 13.2. The number of carbonyl (C=O) groups is 1. The van der Waals surface area contributed by atoms with E-state index in [1.165, 1.54) is 24.0 Å². The van der Waals surface area contributed by atoms with Crippen molar-refractivity contribution in [3.63, 3.8) is 0 Å². The number of rotatable bonds is 2. The van der Waals surface area contributed by atoms with Crippen molar-refractivity contribution in [2.24, 2.45) is 0 Å². The van der Waals surface area contributed by atoms with Gasteiger partial charge >= 0.3 is 5.97 Å². The Bertz CT molecular complexity index is 930. The number of halogens is 1. The summed E-state index contributed by atoms with van der Waals surface area (Å²) in [4.78, 5) is 16.3. The number of imidazole rings is 1. The van der Waals surface area contributed by atoms with Gasteiger partial charge in [-0.2, -0.15) is 0 Å². The van der Waals surface area contributed by atoms with E-state index in [4.69, 9.17) is 11.6 Å². The van der Waals surface area contributed by atoms with Gasteiger partial charge in [0.25, 0.3) is 0 Å². The van der Waals surface area contributed by atoms with Crippen LogP contribution in [-0.2, 0) is 12.8 Å². The first-order chi connectivity index (χ1) is 11.1. The minimum absolute atomic E-state index is 0.151. The highest BCUT2D eigenvalue weighted by Crippen LogP contribution is 2.30. The average molecular weight is 327 g/mol. The summed E-state index contributed by atoms with van der Waals surface area (Å²) in [6.45, 7) is 0. The van der Waals surface area contributed by atoms with Crippen molar-refractivity contribution < 1.29 is 9.90 Å². The molecule has 0 spiro atoms. The van der Waals surface area contributed by atoms with Crippen molar-refractivity contribution in [2.45, 2.75) is 25.7 Å². The molecule has 2 heterocycles. The van der Waals surface area contributed by atoms with E-state index in [0.717, 1.165) is 18.4 Å². The van der Waals surface area contributed by atoms with Gasteiger partial charge in [0.1, 0.15) is 11.3 Å². The summed E-state index contributed by atoms with van der Waals surface area (Å²) in [5.74, 6) is -1.01. The maximum atomic E-state index is 11.8. The van der Waals surface area contributed by atoms with Crippen LogP contribution in [0.1, 0.15) is 34.5 Å². The fraction of sp³-hybridized carbons (Fsp3) is 0.222. The van der Waals surface area contributed by atoms with Gasteiger partial charge in [-0.3, -0.25) is 4.40 Å². The number of aryl methyl sites for hydroxylation is 2. The quantitative estimate of drug-likeness (QED) is 0.766. The summed E-state index contributed by atoms with van der Waals surface area (Å²) in [6.07, 6.45) is 6.14. The Morgan fingerprint density at radius 3 is 2.70 bits per heavy atom. The predicted molar refractivity (Wildman–Crippen MR) is 89.2 cm³/mol. The van der Waals surface area contributed by atoms with Gasteiger partial charge in [-0.25, -0.2) is 9.78 Å². The third kappa shape index (κ3) is 2.39. The fourth-order valence-electron chi connectivity index (χ4n) is 3.31. The second kappa shape index (κ2) is 5.39. The van der Waals surface area contributed by atoms with E-state index in [9.17, 15) is 9.90 Å². The van der Waals surface area contributed by atoms with Gasteiger partial charge < -0.3 is 5.11 Å². The minimum atomic E-state index is -1.01. The minimum Gasteiger partial charge on any atom is -0.476 e. The van der Waals surface area contributed by atoms with E-state index in [-0.39, 0.29) is 5.69 Å². The Morgan fingerprint density at radius 2 is 1.91 bits per heavy atom. The molecule has 23 heavy (non-hydrogen) atoms. The molecule has 0 saturated carbocycles. The largest absolute Gasteiger partial charge is 0.476 e. The molecule has 0 bridgehead atoms. The number of nitrogens with zero attached hydrogens (tertiary/aromatic N) is 2. The van der Waals surface area contributed by atoms with Gasteiger partial charge in [-0.1, -0.05) is 23.7 Å². The molecule has 1 aliphatic carbocycles. The summed E-state index contributed by atoms with van der Waals surface area (Å²) >= 11 is 6.00. The number of fused-ring (bicyclic) bond motifs is 2. The predicted octanol–water partition coefficient (Wildman–Crippen LogP) is 4.23. The molecule has 0 fully saturated rings. The van der Waals surface area contributed by atoms with Crippen molar-refractivity contribution in [2.75, 3.05) is 0 Å². The van der Waals surface area contributed by atoms with Crippen LogP contribution in [0.3, 0.4) is 0 Å². The molecule has 0 radical (unpaired) electrons. The Hall–Kier alpha value is -2.33. The SMILES string of the molecule is O=C(O)c1c(-c2ccc3c(c2)CCCC3)nc2ccc(Cl)cn12. The molecule has 1 aliphatic rings. The van der Waals surface area contributed by atoms with E-state index >= 15 is 0 Å². The zero-order valence-electron chi connectivity index (χ0n) is 12.4. The number of aromatic carboxylic acids is 1. The van der Waals surface area contributed by atoms with Crippen molar-refractivity contribution in [1.29, 1.82) is 0 Å². The van der Waals surface area contributed by atoms with Crippen molar-refractivity contribution in [3.8, 4) is 11.3 Å². The highest BCUT2D eigenvalue weighted by Gasteiger charge is 2.21. The lowest BCUT2D eigenvalue weighted by Gasteiger charge is -2.16. The lowest BCUT2D eigenvalue weighted by molar-refractivity contribution is 0.0690. The highest BCUT2D eigenvalue weighted by atomic mass is 35.5. The third-order valence-electron chi connectivity index (χ3n) is 4.41. The molecule has 4 rings (SSSR count). The number of carboxylic acid groups (broad SMARTS) is 1. The molecule has 0 saturated heterocycles. The lowest BCUT2D eigenvalue weighted by atomic mass is 9.90. The maximum absolute atomic E-state index is 11.8. The Morgan fingerprint density at radius 1 is 1.13 bits per heavy atom. The van der Waals surface area contributed by atoms with Crippen LogP contribution in [0.15, 0.2) is 36.5 Å². The van der Waals surface area contributed by atoms with E-state index < -0.39 is 5.97 Å². The number of benzene rings is 1. The van der Waals surface area contributed by atoms with Crippen LogP contribution in [0.4, 0.5) is 0 Å². The van der Waals surface area contributed by atoms with Gasteiger partial charge in [-0.15, -0.1) is 0 Å². The normalized spacial score (nSPS) is 14.0. The number of hydrogen-bond donors (Lipinski definition) is 1. The van der Waals surface area contributed by atoms with Gasteiger partial charge in [0, 0.05) is 11.8 Å². The number of carboxylic acids is 1. The molecule has 0 unspecified atom stereocenters. The first-order valence-corrected chi connectivity index (χ1v) is 8.04. The summed E-state index contributed by atoms with van der Waals surface area (Å²) in [5.41, 5.74) is 4.75. The zero-order chi connectivity index (χ0) is 16.0. The van der Waals surface area contributed by atoms with Crippen LogP contribution >= 0.6 is 11.6 Å². The highest BCUT2D eigenvalue weighted by molar-refractivity contribution is 6.30. The van der Waals surface area contributed by atoms with Crippen LogP contribution < -0.4 is 0 Å².